The fourth-order valence-electron chi connectivity index (χ4n) is 1.12. The molecule has 3 nitrogen and oxygen atoms in total. The van der Waals surface area contributed by atoms with Gasteiger partial charge < -0.3 is 4.74 Å². The van der Waals surface area contributed by atoms with E-state index in [1.165, 1.54) is 11.3 Å². The van der Waals surface area contributed by atoms with Crippen molar-refractivity contribution in [2.75, 3.05) is 0 Å². The Bertz CT molecular complexity index is 481. The highest BCUT2D eigenvalue weighted by molar-refractivity contribution is 7.09. The Morgan fingerprint density at radius 2 is 2.12 bits per heavy atom. The van der Waals surface area contributed by atoms with Gasteiger partial charge in [0.25, 0.3) is 0 Å². The zero-order chi connectivity index (χ0) is 11.4. The SMILES string of the molecule is O=Cc1csc(COc2ccc(Cl)cc2)n1. The lowest BCUT2D eigenvalue weighted by Gasteiger charge is -2.03. The molecule has 0 N–H and O–H groups in total. The molecule has 2 rings (SSSR count). The number of aromatic nitrogens is 1. The molecule has 1 aromatic heterocycles. The number of carbonyl (C=O) groups is 1. The molecule has 16 heavy (non-hydrogen) atoms. The van der Waals surface area contributed by atoms with Gasteiger partial charge >= 0.3 is 0 Å². The van der Waals surface area contributed by atoms with E-state index in [1.807, 2.05) is 0 Å². The highest BCUT2D eigenvalue weighted by Crippen LogP contribution is 2.17. The fourth-order valence-corrected chi connectivity index (χ4v) is 1.90. The molecule has 1 heterocycles. The Balaban J connectivity index is 1.96. The maximum atomic E-state index is 10.4. The summed E-state index contributed by atoms with van der Waals surface area (Å²) in [5, 5.41) is 3.15. The number of aldehydes is 1. The summed E-state index contributed by atoms with van der Waals surface area (Å²) in [6.07, 6.45) is 0.724. The summed E-state index contributed by atoms with van der Waals surface area (Å²) < 4.78 is 5.48. The van der Waals surface area contributed by atoms with Gasteiger partial charge in [0.15, 0.2) is 6.29 Å². The van der Waals surface area contributed by atoms with E-state index >= 15 is 0 Å². The molecule has 0 aliphatic carbocycles. The quantitative estimate of drug-likeness (QED) is 0.786. The van der Waals surface area contributed by atoms with E-state index in [0.717, 1.165) is 17.0 Å². The van der Waals surface area contributed by atoms with Gasteiger partial charge in [-0.15, -0.1) is 11.3 Å². The zero-order valence-corrected chi connectivity index (χ0v) is 9.79. The van der Waals surface area contributed by atoms with E-state index in [2.05, 4.69) is 4.98 Å². The Labute approximate surface area is 102 Å². The molecule has 0 amide bonds. The minimum Gasteiger partial charge on any atom is -0.486 e. The third-order valence-corrected chi connectivity index (χ3v) is 2.96. The lowest BCUT2D eigenvalue weighted by Crippen LogP contribution is -1.94. The van der Waals surface area contributed by atoms with E-state index in [9.17, 15) is 4.79 Å². The molecule has 0 saturated heterocycles. The molecule has 0 radical (unpaired) electrons. The summed E-state index contributed by atoms with van der Waals surface area (Å²) in [5.74, 6) is 0.729. The van der Waals surface area contributed by atoms with Gasteiger partial charge in [0, 0.05) is 10.4 Å². The average molecular weight is 254 g/mol. The Morgan fingerprint density at radius 1 is 1.38 bits per heavy atom. The number of nitrogens with zero attached hydrogens (tertiary/aromatic N) is 1. The van der Waals surface area contributed by atoms with E-state index < -0.39 is 0 Å². The van der Waals surface area contributed by atoms with Crippen molar-refractivity contribution in [3.05, 3.63) is 45.4 Å². The molecule has 0 unspecified atom stereocenters. The van der Waals surface area contributed by atoms with Crippen molar-refractivity contribution in [3.8, 4) is 5.75 Å². The van der Waals surface area contributed by atoms with Gasteiger partial charge in [0.1, 0.15) is 23.1 Å². The predicted octanol–water partition coefficient (Wildman–Crippen LogP) is 3.19. The van der Waals surface area contributed by atoms with Crippen molar-refractivity contribution in [3.63, 3.8) is 0 Å². The summed E-state index contributed by atoms with van der Waals surface area (Å²) in [5.41, 5.74) is 0.444. The van der Waals surface area contributed by atoms with Crippen LogP contribution < -0.4 is 4.74 Å². The average Bonchev–Trinajstić information content (AvgIpc) is 2.76. The second-order valence-corrected chi connectivity index (χ2v) is 4.41. The van der Waals surface area contributed by atoms with Crippen LogP contribution in [0.15, 0.2) is 29.6 Å². The van der Waals surface area contributed by atoms with Gasteiger partial charge in [0.05, 0.1) is 0 Å². The van der Waals surface area contributed by atoms with Crippen LogP contribution in [0.3, 0.4) is 0 Å². The van der Waals surface area contributed by atoms with Crippen molar-refractivity contribution in [1.82, 2.24) is 4.98 Å². The second kappa shape index (κ2) is 5.09. The third kappa shape index (κ3) is 2.81. The molecule has 0 bridgehead atoms. The van der Waals surface area contributed by atoms with Crippen molar-refractivity contribution in [2.45, 2.75) is 6.61 Å². The number of hydrogen-bond donors (Lipinski definition) is 0. The van der Waals surface area contributed by atoms with Crippen LogP contribution >= 0.6 is 22.9 Å². The van der Waals surface area contributed by atoms with E-state index in [1.54, 1.807) is 29.6 Å². The number of hydrogen-bond acceptors (Lipinski definition) is 4. The summed E-state index contributed by atoms with van der Waals surface area (Å²) in [6.45, 7) is 0.361. The third-order valence-electron chi connectivity index (χ3n) is 1.87. The lowest BCUT2D eigenvalue weighted by atomic mass is 10.3. The maximum Gasteiger partial charge on any atom is 0.169 e. The molecule has 0 spiro atoms. The standard InChI is InChI=1S/C11H8ClNO2S/c12-8-1-3-10(4-2-8)15-6-11-13-9(5-14)7-16-11/h1-5,7H,6H2. The number of ether oxygens (including phenoxy) is 1. The molecule has 0 aliphatic heterocycles. The van der Waals surface area contributed by atoms with Crippen LogP contribution in [0.25, 0.3) is 0 Å². The second-order valence-electron chi connectivity index (χ2n) is 3.03. The highest BCUT2D eigenvalue weighted by atomic mass is 35.5. The smallest absolute Gasteiger partial charge is 0.169 e. The molecule has 5 heteroatoms. The molecule has 0 atom stereocenters. The summed E-state index contributed by atoms with van der Waals surface area (Å²) in [4.78, 5) is 14.5. The van der Waals surface area contributed by atoms with Gasteiger partial charge in [-0.1, -0.05) is 11.6 Å². The number of rotatable bonds is 4. The topological polar surface area (TPSA) is 39.2 Å². The van der Waals surface area contributed by atoms with Gasteiger partial charge in [-0.25, -0.2) is 4.98 Å². The van der Waals surface area contributed by atoms with Crippen LogP contribution in [0.4, 0.5) is 0 Å². The van der Waals surface area contributed by atoms with Crippen LogP contribution in [-0.2, 0) is 6.61 Å². The van der Waals surface area contributed by atoms with Crippen LogP contribution in [0.1, 0.15) is 15.5 Å². The highest BCUT2D eigenvalue weighted by Gasteiger charge is 2.01. The Hall–Kier alpha value is -1.39. The minimum atomic E-state index is 0.361. The molecule has 2 aromatic rings. The largest absolute Gasteiger partial charge is 0.486 e. The normalized spacial score (nSPS) is 10.1. The van der Waals surface area contributed by atoms with Crippen molar-refractivity contribution in [1.29, 1.82) is 0 Å². The van der Waals surface area contributed by atoms with Gasteiger partial charge in [-0.2, -0.15) is 0 Å². The molecular formula is C11H8ClNO2S. The minimum absolute atomic E-state index is 0.361. The van der Waals surface area contributed by atoms with E-state index in [-0.39, 0.29) is 0 Å². The van der Waals surface area contributed by atoms with E-state index in [4.69, 9.17) is 16.3 Å². The lowest BCUT2D eigenvalue weighted by molar-refractivity contribution is 0.111. The molecule has 82 valence electrons. The monoisotopic (exact) mass is 253 g/mol. The van der Waals surface area contributed by atoms with Crippen LogP contribution in [-0.4, -0.2) is 11.3 Å². The number of halogens is 1. The van der Waals surface area contributed by atoms with Crippen LogP contribution in [0.5, 0.6) is 5.75 Å². The van der Waals surface area contributed by atoms with Gasteiger partial charge in [-0.05, 0) is 24.3 Å². The van der Waals surface area contributed by atoms with Crippen molar-refractivity contribution in [2.24, 2.45) is 0 Å². The Kier molecular flexibility index (Phi) is 3.54. The number of benzene rings is 1. The number of carbonyl (C=O) groups excluding carboxylic acids is 1. The summed E-state index contributed by atoms with van der Waals surface area (Å²) in [6, 6.07) is 7.10. The van der Waals surface area contributed by atoms with Crippen molar-refractivity contribution < 1.29 is 9.53 Å². The first-order valence-corrected chi connectivity index (χ1v) is 5.81. The first-order chi connectivity index (χ1) is 7.78. The molecule has 0 saturated carbocycles. The van der Waals surface area contributed by atoms with Gasteiger partial charge in [0.2, 0.25) is 0 Å². The van der Waals surface area contributed by atoms with Gasteiger partial charge in [-0.3, -0.25) is 4.79 Å². The van der Waals surface area contributed by atoms with Crippen LogP contribution in [0, 0.1) is 0 Å². The summed E-state index contributed by atoms with van der Waals surface area (Å²) in [7, 11) is 0. The van der Waals surface area contributed by atoms with Crippen LogP contribution in [0.2, 0.25) is 5.02 Å². The predicted molar refractivity (Wildman–Crippen MR) is 63.3 cm³/mol. The molecule has 1 aromatic carbocycles. The summed E-state index contributed by atoms with van der Waals surface area (Å²) >= 11 is 7.15. The molecule has 0 fully saturated rings. The first kappa shape index (κ1) is 11.1. The van der Waals surface area contributed by atoms with Crippen molar-refractivity contribution >= 4 is 29.2 Å². The zero-order valence-electron chi connectivity index (χ0n) is 8.22. The molecule has 0 aliphatic rings. The maximum absolute atomic E-state index is 10.4. The van der Waals surface area contributed by atoms with E-state index in [0.29, 0.717) is 17.3 Å². The fraction of sp³-hybridized carbons (Fsp3) is 0.0909. The molecular weight excluding hydrogens is 246 g/mol. The first-order valence-electron chi connectivity index (χ1n) is 4.56. The Morgan fingerprint density at radius 3 is 2.75 bits per heavy atom. The number of thiazole rings is 1.